The van der Waals surface area contributed by atoms with Gasteiger partial charge in [-0.1, -0.05) is 41.9 Å². The highest BCUT2D eigenvalue weighted by molar-refractivity contribution is 6.32. The van der Waals surface area contributed by atoms with E-state index in [9.17, 15) is 33.2 Å². The number of hydrogen-bond acceptors (Lipinski definition) is 5. The third-order valence-corrected chi connectivity index (χ3v) is 4.58. The summed E-state index contributed by atoms with van der Waals surface area (Å²) in [6.45, 7) is 0. The van der Waals surface area contributed by atoms with Crippen LogP contribution < -0.4 is 4.74 Å². The maximum absolute atomic E-state index is 12.8. The maximum atomic E-state index is 12.8. The van der Waals surface area contributed by atoms with Gasteiger partial charge in [-0.05, 0) is 30.3 Å². The predicted molar refractivity (Wildman–Crippen MR) is 105 cm³/mol. The molecule has 0 amide bonds. The van der Waals surface area contributed by atoms with Crippen LogP contribution in [0.15, 0.2) is 66.7 Å². The lowest BCUT2D eigenvalue weighted by molar-refractivity contribution is -0.386. The second-order valence-electron chi connectivity index (χ2n) is 6.36. The number of aliphatic hydroxyl groups is 1. The third-order valence-electron chi connectivity index (χ3n) is 4.28. The minimum absolute atomic E-state index is 0.0674. The molecule has 1 atom stereocenters. The molecule has 0 heterocycles. The Morgan fingerprint density at radius 2 is 1.74 bits per heavy atom. The molecule has 3 aromatic rings. The van der Waals surface area contributed by atoms with Crippen LogP contribution in [0.1, 0.15) is 27.6 Å². The van der Waals surface area contributed by atoms with E-state index in [2.05, 4.69) is 0 Å². The molecule has 0 aliphatic carbocycles. The highest BCUT2D eigenvalue weighted by atomic mass is 35.5. The van der Waals surface area contributed by atoms with Crippen molar-refractivity contribution in [1.82, 2.24) is 0 Å². The van der Waals surface area contributed by atoms with Crippen molar-refractivity contribution in [3.8, 4) is 11.5 Å². The molecule has 3 rings (SSSR count). The van der Waals surface area contributed by atoms with Crippen LogP contribution in [0.25, 0.3) is 0 Å². The van der Waals surface area contributed by atoms with Gasteiger partial charge in [0.1, 0.15) is 17.6 Å². The predicted octanol–water partition coefficient (Wildman–Crippen LogP) is 5.98. The molecular weight excluding hydrogens is 439 g/mol. The van der Waals surface area contributed by atoms with Crippen molar-refractivity contribution < 1.29 is 32.7 Å². The summed E-state index contributed by atoms with van der Waals surface area (Å²) in [4.78, 5) is 23.1. The number of ether oxygens (including phenoxy) is 1. The van der Waals surface area contributed by atoms with Gasteiger partial charge in [-0.15, -0.1) is 0 Å². The third kappa shape index (κ3) is 5.01. The van der Waals surface area contributed by atoms with Gasteiger partial charge in [0.25, 0.3) is 5.69 Å². The summed E-state index contributed by atoms with van der Waals surface area (Å²) < 4.78 is 43.8. The Morgan fingerprint density at radius 3 is 2.32 bits per heavy atom. The van der Waals surface area contributed by atoms with Gasteiger partial charge in [0.15, 0.2) is 5.78 Å². The molecule has 0 radical (unpaired) electrons. The Hall–Kier alpha value is -3.43. The Kier molecular flexibility index (Phi) is 6.28. The van der Waals surface area contributed by atoms with Gasteiger partial charge in [-0.2, -0.15) is 13.2 Å². The van der Waals surface area contributed by atoms with Crippen molar-refractivity contribution in [1.29, 1.82) is 0 Å². The highest BCUT2D eigenvalue weighted by Crippen LogP contribution is 2.38. The van der Waals surface area contributed by atoms with E-state index in [1.165, 1.54) is 18.2 Å². The van der Waals surface area contributed by atoms with E-state index in [1.807, 2.05) is 0 Å². The van der Waals surface area contributed by atoms with E-state index < -0.39 is 34.2 Å². The Bertz CT molecular complexity index is 1140. The number of alkyl halides is 3. The lowest BCUT2D eigenvalue weighted by atomic mass is 9.98. The number of benzene rings is 3. The number of carbonyl (C=O) groups is 1. The molecule has 0 aliphatic rings. The molecule has 1 N–H and O–H groups in total. The SMILES string of the molecule is O=C(c1ccccc1)C(O)c1cc(Oc2ccc(C(F)(F)F)cc2Cl)ccc1[N+](=O)[O-]. The fourth-order valence-corrected chi connectivity index (χ4v) is 2.99. The zero-order valence-corrected chi connectivity index (χ0v) is 16.2. The number of rotatable bonds is 6. The Labute approximate surface area is 178 Å². The van der Waals surface area contributed by atoms with Gasteiger partial charge in [-0.3, -0.25) is 14.9 Å². The molecule has 31 heavy (non-hydrogen) atoms. The molecule has 10 heteroatoms. The van der Waals surface area contributed by atoms with Crippen LogP contribution in [0, 0.1) is 10.1 Å². The molecular formula is C21H13ClF3NO5. The minimum Gasteiger partial charge on any atom is -0.456 e. The summed E-state index contributed by atoms with van der Waals surface area (Å²) in [6.07, 6.45) is -6.46. The van der Waals surface area contributed by atoms with E-state index in [0.29, 0.717) is 6.07 Å². The molecule has 1 unspecified atom stereocenters. The van der Waals surface area contributed by atoms with E-state index in [1.54, 1.807) is 18.2 Å². The summed E-state index contributed by atoms with van der Waals surface area (Å²) >= 11 is 5.86. The number of carbonyl (C=O) groups excluding carboxylic acids is 1. The lowest BCUT2D eigenvalue weighted by Crippen LogP contribution is -2.14. The molecule has 0 saturated heterocycles. The maximum Gasteiger partial charge on any atom is 0.416 e. The number of nitrogens with zero attached hydrogens (tertiary/aromatic N) is 1. The van der Waals surface area contributed by atoms with Crippen molar-refractivity contribution in [2.45, 2.75) is 12.3 Å². The van der Waals surface area contributed by atoms with Crippen molar-refractivity contribution in [3.63, 3.8) is 0 Å². The van der Waals surface area contributed by atoms with Gasteiger partial charge in [0.2, 0.25) is 0 Å². The molecule has 0 aliphatic heterocycles. The van der Waals surface area contributed by atoms with Gasteiger partial charge >= 0.3 is 6.18 Å². The first-order chi connectivity index (χ1) is 14.6. The van der Waals surface area contributed by atoms with Crippen molar-refractivity contribution >= 4 is 23.1 Å². The van der Waals surface area contributed by atoms with Crippen molar-refractivity contribution in [2.75, 3.05) is 0 Å². The number of Topliss-reactive ketones (excluding diaryl/α,β-unsaturated/α-hetero) is 1. The van der Waals surface area contributed by atoms with Crippen LogP contribution in [-0.4, -0.2) is 15.8 Å². The lowest BCUT2D eigenvalue weighted by Gasteiger charge is -2.14. The first kappa shape index (κ1) is 22.3. The fraction of sp³-hybridized carbons (Fsp3) is 0.0952. The quantitative estimate of drug-likeness (QED) is 0.283. The molecule has 3 aromatic carbocycles. The number of hydrogen-bond donors (Lipinski definition) is 1. The van der Waals surface area contributed by atoms with Crippen LogP contribution in [0.4, 0.5) is 18.9 Å². The highest BCUT2D eigenvalue weighted by Gasteiger charge is 2.31. The Morgan fingerprint density at radius 1 is 1.06 bits per heavy atom. The standard InChI is InChI=1S/C21H13ClF3NO5/c22-16-10-13(21(23,24)25)6-9-18(16)31-14-7-8-17(26(29)30)15(11-14)20(28)19(27)12-4-2-1-3-5-12/h1-11,20,28H. The van der Waals surface area contributed by atoms with Crippen LogP contribution in [0.5, 0.6) is 11.5 Å². The number of ketones is 1. The molecule has 0 bridgehead atoms. The summed E-state index contributed by atoms with van der Waals surface area (Å²) in [6, 6.07) is 13.4. The van der Waals surface area contributed by atoms with E-state index in [0.717, 1.165) is 24.3 Å². The zero-order chi connectivity index (χ0) is 22.8. The smallest absolute Gasteiger partial charge is 0.416 e. The van der Waals surface area contributed by atoms with Gasteiger partial charge < -0.3 is 9.84 Å². The van der Waals surface area contributed by atoms with Crippen LogP contribution in [-0.2, 0) is 6.18 Å². The summed E-state index contributed by atoms with van der Waals surface area (Å²) in [7, 11) is 0. The average Bonchev–Trinajstić information content (AvgIpc) is 2.73. The van der Waals surface area contributed by atoms with Gasteiger partial charge in [-0.25, -0.2) is 0 Å². The van der Waals surface area contributed by atoms with E-state index in [-0.39, 0.29) is 27.6 Å². The van der Waals surface area contributed by atoms with Crippen LogP contribution in [0.3, 0.4) is 0 Å². The van der Waals surface area contributed by atoms with Crippen LogP contribution in [0.2, 0.25) is 5.02 Å². The molecule has 0 saturated carbocycles. The molecule has 6 nitrogen and oxygen atoms in total. The minimum atomic E-state index is -4.59. The van der Waals surface area contributed by atoms with Crippen LogP contribution >= 0.6 is 11.6 Å². The summed E-state index contributed by atoms with van der Waals surface area (Å²) in [5.74, 6) is -0.978. The number of nitro benzene ring substituents is 1. The molecule has 0 spiro atoms. The van der Waals surface area contributed by atoms with E-state index in [4.69, 9.17) is 16.3 Å². The zero-order valence-electron chi connectivity index (χ0n) is 15.5. The second-order valence-corrected chi connectivity index (χ2v) is 6.76. The number of nitro groups is 1. The number of aliphatic hydroxyl groups excluding tert-OH is 1. The first-order valence-electron chi connectivity index (χ1n) is 8.68. The van der Waals surface area contributed by atoms with Crippen molar-refractivity contribution in [3.05, 3.63) is 98.6 Å². The second kappa shape index (κ2) is 8.75. The largest absolute Gasteiger partial charge is 0.456 e. The summed E-state index contributed by atoms with van der Waals surface area (Å²) in [5, 5.41) is 21.5. The molecule has 0 aromatic heterocycles. The van der Waals surface area contributed by atoms with Gasteiger partial charge in [0.05, 0.1) is 21.1 Å². The van der Waals surface area contributed by atoms with E-state index >= 15 is 0 Å². The van der Waals surface area contributed by atoms with Gasteiger partial charge in [0, 0.05) is 11.6 Å². The first-order valence-corrected chi connectivity index (χ1v) is 9.06. The fourth-order valence-electron chi connectivity index (χ4n) is 2.77. The average molecular weight is 452 g/mol. The molecule has 160 valence electrons. The Balaban J connectivity index is 1.95. The molecule has 0 fully saturated rings. The topological polar surface area (TPSA) is 89.7 Å². The summed E-state index contributed by atoms with van der Waals surface area (Å²) in [5.41, 5.74) is -1.69. The monoisotopic (exact) mass is 451 g/mol. The normalized spacial score (nSPS) is 12.3. The number of halogens is 4. The van der Waals surface area contributed by atoms with Crippen molar-refractivity contribution in [2.24, 2.45) is 0 Å².